The molecular weight excluding hydrogens is 400 g/mol. The number of amides is 2. The van der Waals surface area contributed by atoms with E-state index in [2.05, 4.69) is 18.3 Å². The van der Waals surface area contributed by atoms with Crippen molar-refractivity contribution in [3.05, 3.63) is 64.2 Å². The molecule has 0 aromatic heterocycles. The Labute approximate surface area is 193 Å². The highest BCUT2D eigenvalue weighted by Gasteiger charge is 2.29. The first-order chi connectivity index (χ1) is 15.3. The number of hydrogen-bond donors (Lipinski definition) is 1. The lowest BCUT2D eigenvalue weighted by Gasteiger charge is -2.30. The molecule has 174 valence electrons. The zero-order valence-corrected chi connectivity index (χ0v) is 20.5. The summed E-state index contributed by atoms with van der Waals surface area (Å²) in [5, 5.41) is 2.99. The summed E-state index contributed by atoms with van der Waals surface area (Å²) >= 11 is 0. The molecule has 0 bridgehead atoms. The molecule has 1 N–H and O–H groups in total. The molecule has 5 heteroatoms. The van der Waals surface area contributed by atoms with Crippen LogP contribution >= 0.6 is 0 Å². The van der Waals surface area contributed by atoms with Crippen molar-refractivity contribution in [1.29, 1.82) is 0 Å². The van der Waals surface area contributed by atoms with Gasteiger partial charge < -0.3 is 15.0 Å². The van der Waals surface area contributed by atoms with Gasteiger partial charge in [-0.25, -0.2) is 0 Å². The van der Waals surface area contributed by atoms with Gasteiger partial charge in [-0.05, 0) is 68.9 Å². The molecule has 0 aliphatic rings. The van der Waals surface area contributed by atoms with Gasteiger partial charge in [0.05, 0.1) is 0 Å². The van der Waals surface area contributed by atoms with E-state index < -0.39 is 6.04 Å². The number of carbonyl (C=O) groups excluding carboxylic acids is 2. The third-order valence-electron chi connectivity index (χ3n) is 5.80. The minimum absolute atomic E-state index is 0.103. The molecule has 0 saturated carbocycles. The largest absolute Gasteiger partial charge is 0.483 e. The highest BCUT2D eigenvalue weighted by molar-refractivity contribution is 5.88. The average Bonchev–Trinajstić information content (AvgIpc) is 2.76. The highest BCUT2D eigenvalue weighted by Crippen LogP contribution is 2.23. The smallest absolute Gasteiger partial charge is 0.261 e. The highest BCUT2D eigenvalue weighted by atomic mass is 16.5. The Balaban J connectivity index is 2.22. The van der Waals surface area contributed by atoms with Crippen LogP contribution in [0.15, 0.2) is 36.4 Å². The van der Waals surface area contributed by atoms with Gasteiger partial charge in [0.1, 0.15) is 11.8 Å². The zero-order valence-electron chi connectivity index (χ0n) is 20.5. The number of nitrogens with one attached hydrogen (secondary N) is 1. The molecular formula is C27H38N2O3. The lowest BCUT2D eigenvalue weighted by atomic mass is 10.1. The van der Waals surface area contributed by atoms with E-state index in [0.717, 1.165) is 40.7 Å². The van der Waals surface area contributed by atoms with Gasteiger partial charge in [0, 0.05) is 13.1 Å². The Bertz CT molecular complexity index is 906. The molecule has 1 atom stereocenters. The molecule has 0 spiro atoms. The second-order valence-corrected chi connectivity index (χ2v) is 8.57. The molecule has 0 fully saturated rings. The van der Waals surface area contributed by atoms with Gasteiger partial charge in [-0.3, -0.25) is 9.59 Å². The van der Waals surface area contributed by atoms with Crippen LogP contribution in [-0.4, -0.2) is 35.9 Å². The van der Waals surface area contributed by atoms with E-state index >= 15 is 0 Å². The topological polar surface area (TPSA) is 58.6 Å². The zero-order chi connectivity index (χ0) is 23.7. The Kier molecular flexibility index (Phi) is 9.76. The molecule has 2 aromatic carbocycles. The van der Waals surface area contributed by atoms with Crippen molar-refractivity contribution < 1.29 is 14.3 Å². The number of benzene rings is 2. The molecule has 32 heavy (non-hydrogen) atoms. The van der Waals surface area contributed by atoms with E-state index in [0.29, 0.717) is 25.3 Å². The normalized spacial score (nSPS) is 11.7. The van der Waals surface area contributed by atoms with Gasteiger partial charge in [-0.1, -0.05) is 56.2 Å². The minimum atomic E-state index is -0.537. The van der Waals surface area contributed by atoms with E-state index in [1.807, 2.05) is 65.0 Å². The monoisotopic (exact) mass is 438 g/mol. The van der Waals surface area contributed by atoms with Gasteiger partial charge in [-0.15, -0.1) is 0 Å². The second kappa shape index (κ2) is 12.3. The van der Waals surface area contributed by atoms with Crippen molar-refractivity contribution in [2.45, 2.75) is 73.4 Å². The van der Waals surface area contributed by atoms with Crippen molar-refractivity contribution in [3.63, 3.8) is 0 Å². The number of nitrogens with zero attached hydrogens (tertiary/aromatic N) is 1. The number of hydrogen-bond acceptors (Lipinski definition) is 3. The number of aryl methyl sites for hydroxylation is 3. The van der Waals surface area contributed by atoms with Crippen LogP contribution in [0.3, 0.4) is 0 Å². The van der Waals surface area contributed by atoms with Crippen molar-refractivity contribution in [2.24, 2.45) is 0 Å². The molecule has 2 amide bonds. The van der Waals surface area contributed by atoms with Gasteiger partial charge in [-0.2, -0.15) is 0 Å². The Morgan fingerprint density at radius 1 is 1.00 bits per heavy atom. The van der Waals surface area contributed by atoms with Crippen LogP contribution in [0.25, 0.3) is 0 Å². The predicted octanol–water partition coefficient (Wildman–Crippen LogP) is 5.02. The van der Waals surface area contributed by atoms with Gasteiger partial charge >= 0.3 is 0 Å². The average molecular weight is 439 g/mol. The molecule has 5 nitrogen and oxygen atoms in total. The Morgan fingerprint density at radius 2 is 1.69 bits per heavy atom. The standard InChI is InChI=1S/C27H38N2O3/c1-7-9-14-28-27(31)24(8-2)29(17-23-12-10-19(3)11-13-23)26(30)18-32-25-16-20(4)15-21(5)22(25)6/h10-13,15-16,24H,7-9,14,17-18H2,1-6H3,(H,28,31). The number of rotatable bonds is 11. The van der Waals surface area contributed by atoms with Crippen LogP contribution in [0.2, 0.25) is 0 Å². The summed E-state index contributed by atoms with van der Waals surface area (Å²) in [6.45, 7) is 13.0. The van der Waals surface area contributed by atoms with E-state index in [1.54, 1.807) is 4.90 Å². The summed E-state index contributed by atoms with van der Waals surface area (Å²) in [7, 11) is 0. The first kappa shape index (κ1) is 25.4. The van der Waals surface area contributed by atoms with Crippen LogP contribution in [0.5, 0.6) is 5.75 Å². The Morgan fingerprint density at radius 3 is 2.31 bits per heavy atom. The molecule has 0 radical (unpaired) electrons. The van der Waals surface area contributed by atoms with Crippen molar-refractivity contribution in [2.75, 3.05) is 13.2 Å². The van der Waals surface area contributed by atoms with E-state index in [9.17, 15) is 9.59 Å². The molecule has 0 saturated heterocycles. The summed E-state index contributed by atoms with van der Waals surface area (Å²) in [4.78, 5) is 27.9. The van der Waals surface area contributed by atoms with Gasteiger partial charge in [0.15, 0.2) is 6.61 Å². The first-order valence-electron chi connectivity index (χ1n) is 11.6. The lowest BCUT2D eigenvalue weighted by Crippen LogP contribution is -2.50. The fourth-order valence-electron chi connectivity index (χ4n) is 3.69. The Hall–Kier alpha value is -2.82. The molecule has 2 rings (SSSR count). The summed E-state index contributed by atoms with van der Waals surface area (Å²) in [6.07, 6.45) is 2.47. The maximum atomic E-state index is 13.3. The van der Waals surface area contributed by atoms with Crippen LogP contribution in [-0.2, 0) is 16.1 Å². The summed E-state index contributed by atoms with van der Waals surface area (Å²) in [5.74, 6) is 0.414. The molecule has 1 unspecified atom stereocenters. The van der Waals surface area contributed by atoms with Crippen LogP contribution in [0, 0.1) is 27.7 Å². The fourth-order valence-corrected chi connectivity index (χ4v) is 3.69. The molecule has 0 aliphatic heterocycles. The summed E-state index contributed by atoms with van der Waals surface area (Å²) in [5.41, 5.74) is 5.40. The second-order valence-electron chi connectivity index (χ2n) is 8.57. The lowest BCUT2D eigenvalue weighted by molar-refractivity contribution is -0.143. The fraction of sp³-hybridized carbons (Fsp3) is 0.481. The van der Waals surface area contributed by atoms with E-state index in [1.165, 1.54) is 0 Å². The quantitative estimate of drug-likeness (QED) is 0.501. The predicted molar refractivity (Wildman–Crippen MR) is 130 cm³/mol. The molecule has 2 aromatic rings. The molecule has 0 heterocycles. The third kappa shape index (κ3) is 7.11. The first-order valence-corrected chi connectivity index (χ1v) is 11.6. The van der Waals surface area contributed by atoms with Gasteiger partial charge in [0.25, 0.3) is 5.91 Å². The number of carbonyl (C=O) groups is 2. The number of unbranched alkanes of at least 4 members (excludes halogenated alkanes) is 1. The molecule has 0 aliphatic carbocycles. The maximum Gasteiger partial charge on any atom is 0.261 e. The van der Waals surface area contributed by atoms with Crippen LogP contribution in [0.4, 0.5) is 0 Å². The summed E-state index contributed by atoms with van der Waals surface area (Å²) in [6, 6.07) is 11.6. The van der Waals surface area contributed by atoms with Crippen molar-refractivity contribution >= 4 is 11.8 Å². The van der Waals surface area contributed by atoms with Gasteiger partial charge in [0.2, 0.25) is 5.91 Å². The minimum Gasteiger partial charge on any atom is -0.483 e. The van der Waals surface area contributed by atoms with Crippen molar-refractivity contribution in [3.8, 4) is 5.75 Å². The van der Waals surface area contributed by atoms with Crippen LogP contribution in [0.1, 0.15) is 60.9 Å². The SMILES string of the molecule is CCCCNC(=O)C(CC)N(Cc1ccc(C)cc1)C(=O)COc1cc(C)cc(C)c1C. The number of ether oxygens (including phenoxy) is 1. The summed E-state index contributed by atoms with van der Waals surface area (Å²) < 4.78 is 5.95. The maximum absolute atomic E-state index is 13.3. The van der Waals surface area contributed by atoms with Crippen molar-refractivity contribution in [1.82, 2.24) is 10.2 Å². The van der Waals surface area contributed by atoms with Crippen LogP contribution < -0.4 is 10.1 Å². The van der Waals surface area contributed by atoms with E-state index in [4.69, 9.17) is 4.74 Å². The third-order valence-corrected chi connectivity index (χ3v) is 5.80. The van der Waals surface area contributed by atoms with E-state index in [-0.39, 0.29) is 18.4 Å².